The molecule has 0 radical (unpaired) electrons. The third-order valence-electron chi connectivity index (χ3n) is 3.30. The largest absolute Gasteiger partial charge is 0.478 e. The lowest BCUT2D eigenvalue weighted by molar-refractivity contribution is 0.0367. The molecule has 122 valence electrons. The Labute approximate surface area is 132 Å². The molecule has 7 nitrogen and oxygen atoms in total. The van der Waals surface area contributed by atoms with E-state index in [1.807, 2.05) is 0 Å². The van der Waals surface area contributed by atoms with Gasteiger partial charge in [0.15, 0.2) is 0 Å². The van der Waals surface area contributed by atoms with Crippen molar-refractivity contribution in [3.63, 3.8) is 0 Å². The molecule has 4 N–H and O–H groups in total. The average Bonchev–Trinajstić information content (AvgIpc) is 3.06. The number of furan rings is 1. The van der Waals surface area contributed by atoms with Crippen molar-refractivity contribution in [2.75, 3.05) is 6.54 Å². The fraction of sp³-hybridized carbons (Fsp3) is 0.250. The fourth-order valence-electron chi connectivity index (χ4n) is 1.93. The van der Waals surface area contributed by atoms with Crippen LogP contribution in [0.2, 0.25) is 0 Å². The van der Waals surface area contributed by atoms with Gasteiger partial charge < -0.3 is 25.3 Å². The smallest absolute Gasteiger partial charge is 0.335 e. The Morgan fingerprint density at radius 1 is 1.17 bits per heavy atom. The van der Waals surface area contributed by atoms with Crippen LogP contribution in [0.5, 0.6) is 0 Å². The quantitative estimate of drug-likeness (QED) is 0.647. The molecule has 23 heavy (non-hydrogen) atoms. The van der Waals surface area contributed by atoms with Crippen LogP contribution >= 0.6 is 0 Å². The number of nitrogens with one attached hydrogen (secondary N) is 2. The molecule has 1 heterocycles. The van der Waals surface area contributed by atoms with Gasteiger partial charge in [-0.05, 0) is 36.8 Å². The number of carboxylic acids is 1. The van der Waals surface area contributed by atoms with Gasteiger partial charge in [0.25, 0.3) is 0 Å². The van der Waals surface area contributed by atoms with Crippen molar-refractivity contribution >= 4 is 12.0 Å². The second-order valence-electron chi connectivity index (χ2n) is 5.29. The molecule has 1 aromatic heterocycles. The van der Waals surface area contributed by atoms with Gasteiger partial charge in [-0.15, -0.1) is 0 Å². The summed E-state index contributed by atoms with van der Waals surface area (Å²) in [5, 5.41) is 24.2. The molecule has 0 spiro atoms. The molecule has 0 saturated carbocycles. The van der Waals surface area contributed by atoms with Gasteiger partial charge in [-0.25, -0.2) is 9.59 Å². The van der Waals surface area contributed by atoms with Crippen LogP contribution in [-0.4, -0.2) is 28.8 Å². The molecule has 0 fully saturated rings. The van der Waals surface area contributed by atoms with Crippen LogP contribution in [0.4, 0.5) is 4.79 Å². The van der Waals surface area contributed by atoms with E-state index in [1.54, 1.807) is 24.3 Å². The van der Waals surface area contributed by atoms with Crippen molar-refractivity contribution < 1.29 is 24.2 Å². The Bertz CT molecular complexity index is 662. The molecule has 0 aliphatic rings. The SMILES string of the molecule is CC(O)(CNC(=O)NCc1ccc(C(=O)O)cc1)c1ccco1. The lowest BCUT2D eigenvalue weighted by Crippen LogP contribution is -2.43. The molecule has 1 aromatic carbocycles. The number of aromatic carboxylic acids is 1. The van der Waals surface area contributed by atoms with E-state index in [-0.39, 0.29) is 18.7 Å². The summed E-state index contributed by atoms with van der Waals surface area (Å²) in [6.07, 6.45) is 1.45. The van der Waals surface area contributed by atoms with Crippen LogP contribution in [0.15, 0.2) is 47.1 Å². The topological polar surface area (TPSA) is 112 Å². The molecule has 2 aromatic rings. The first-order valence-electron chi connectivity index (χ1n) is 6.99. The molecule has 0 aliphatic heterocycles. The third-order valence-corrected chi connectivity index (χ3v) is 3.30. The number of amides is 2. The van der Waals surface area contributed by atoms with Gasteiger partial charge in [-0.2, -0.15) is 0 Å². The number of hydrogen-bond acceptors (Lipinski definition) is 4. The van der Waals surface area contributed by atoms with Crippen LogP contribution < -0.4 is 10.6 Å². The van der Waals surface area contributed by atoms with Gasteiger partial charge in [0.2, 0.25) is 0 Å². The second-order valence-corrected chi connectivity index (χ2v) is 5.29. The van der Waals surface area contributed by atoms with Gasteiger partial charge in [0.1, 0.15) is 11.4 Å². The summed E-state index contributed by atoms with van der Waals surface area (Å²) in [7, 11) is 0. The number of urea groups is 1. The Morgan fingerprint density at radius 3 is 2.43 bits per heavy atom. The van der Waals surface area contributed by atoms with E-state index in [9.17, 15) is 14.7 Å². The molecule has 2 amide bonds. The molecule has 1 atom stereocenters. The zero-order chi connectivity index (χ0) is 16.9. The van der Waals surface area contributed by atoms with Gasteiger partial charge in [-0.1, -0.05) is 12.1 Å². The monoisotopic (exact) mass is 318 g/mol. The highest BCUT2D eigenvalue weighted by molar-refractivity contribution is 5.87. The summed E-state index contributed by atoms with van der Waals surface area (Å²) in [4.78, 5) is 22.5. The average molecular weight is 318 g/mol. The van der Waals surface area contributed by atoms with Crippen LogP contribution in [0.1, 0.15) is 28.6 Å². The van der Waals surface area contributed by atoms with E-state index in [1.165, 1.54) is 25.3 Å². The van der Waals surface area contributed by atoms with E-state index in [2.05, 4.69) is 10.6 Å². The minimum Gasteiger partial charge on any atom is -0.478 e. The van der Waals surface area contributed by atoms with Crippen LogP contribution in [0, 0.1) is 0 Å². The summed E-state index contributed by atoms with van der Waals surface area (Å²) in [5.74, 6) is -0.635. The van der Waals surface area contributed by atoms with Crippen LogP contribution in [0.3, 0.4) is 0 Å². The van der Waals surface area contributed by atoms with E-state index >= 15 is 0 Å². The normalized spacial score (nSPS) is 13.1. The molecule has 0 aliphatic carbocycles. The van der Waals surface area contributed by atoms with Gasteiger partial charge >= 0.3 is 12.0 Å². The summed E-state index contributed by atoms with van der Waals surface area (Å²) in [5.41, 5.74) is -0.347. The highest BCUT2D eigenvalue weighted by Crippen LogP contribution is 2.19. The third kappa shape index (κ3) is 4.58. The van der Waals surface area contributed by atoms with E-state index in [0.717, 1.165) is 5.56 Å². The van der Waals surface area contributed by atoms with E-state index in [0.29, 0.717) is 5.76 Å². The second kappa shape index (κ2) is 6.97. The minimum atomic E-state index is -1.30. The highest BCUT2D eigenvalue weighted by Gasteiger charge is 2.26. The van der Waals surface area contributed by atoms with Crippen molar-refractivity contribution in [3.05, 3.63) is 59.5 Å². The maximum absolute atomic E-state index is 11.7. The van der Waals surface area contributed by atoms with E-state index < -0.39 is 17.6 Å². The molecule has 0 saturated heterocycles. The lowest BCUT2D eigenvalue weighted by Gasteiger charge is -2.21. The predicted octanol–water partition coefficient (Wildman–Crippen LogP) is 1.68. The van der Waals surface area contributed by atoms with Crippen molar-refractivity contribution in [2.45, 2.75) is 19.1 Å². The summed E-state index contributed by atoms with van der Waals surface area (Å²) in [6, 6.07) is 9.04. The predicted molar refractivity (Wildman–Crippen MR) is 81.9 cm³/mol. The zero-order valence-electron chi connectivity index (χ0n) is 12.6. The Kier molecular flexibility index (Phi) is 5.02. The molecule has 0 bridgehead atoms. The number of carbonyl (C=O) groups excluding carboxylic acids is 1. The molecule has 1 unspecified atom stereocenters. The maximum atomic E-state index is 11.7. The number of aliphatic hydroxyl groups is 1. The number of benzene rings is 1. The minimum absolute atomic E-state index is 0.00962. The van der Waals surface area contributed by atoms with Gasteiger partial charge in [-0.3, -0.25) is 0 Å². The van der Waals surface area contributed by atoms with Crippen molar-refractivity contribution in [2.24, 2.45) is 0 Å². The van der Waals surface area contributed by atoms with Crippen molar-refractivity contribution in [1.29, 1.82) is 0 Å². The number of carboxylic acid groups (broad SMARTS) is 1. The molecular formula is C16H18N2O5. The standard InChI is InChI=1S/C16H18N2O5/c1-16(22,13-3-2-8-23-13)10-18-15(21)17-9-11-4-6-12(7-5-11)14(19)20/h2-8,22H,9-10H2,1H3,(H,19,20)(H2,17,18,21). The molecule has 7 heteroatoms. The fourth-order valence-corrected chi connectivity index (χ4v) is 1.93. The first kappa shape index (κ1) is 16.6. The van der Waals surface area contributed by atoms with E-state index in [4.69, 9.17) is 9.52 Å². The molecular weight excluding hydrogens is 300 g/mol. The molecule has 2 rings (SSSR count). The summed E-state index contributed by atoms with van der Waals surface area (Å²) in [6.45, 7) is 1.77. The first-order valence-corrected chi connectivity index (χ1v) is 6.99. The number of rotatable bonds is 6. The first-order chi connectivity index (χ1) is 10.9. The number of carbonyl (C=O) groups is 2. The van der Waals surface area contributed by atoms with Crippen molar-refractivity contribution in [1.82, 2.24) is 10.6 Å². The Hall–Kier alpha value is -2.80. The van der Waals surface area contributed by atoms with Gasteiger partial charge in [0.05, 0.1) is 18.4 Å². The van der Waals surface area contributed by atoms with Crippen molar-refractivity contribution in [3.8, 4) is 0 Å². The summed E-state index contributed by atoms with van der Waals surface area (Å²) >= 11 is 0. The van der Waals surface area contributed by atoms with Crippen LogP contribution in [-0.2, 0) is 12.1 Å². The zero-order valence-corrected chi connectivity index (χ0v) is 12.6. The highest BCUT2D eigenvalue weighted by atomic mass is 16.4. The maximum Gasteiger partial charge on any atom is 0.335 e. The summed E-state index contributed by atoms with van der Waals surface area (Å²) < 4.78 is 5.12. The lowest BCUT2D eigenvalue weighted by atomic mass is 10.0. The van der Waals surface area contributed by atoms with Gasteiger partial charge in [0, 0.05) is 6.54 Å². The number of hydrogen-bond donors (Lipinski definition) is 4. The van der Waals surface area contributed by atoms with Crippen LogP contribution in [0.25, 0.3) is 0 Å². The Morgan fingerprint density at radius 2 is 1.87 bits per heavy atom. The Balaban J connectivity index is 1.80.